The van der Waals surface area contributed by atoms with Crippen LogP contribution in [0.3, 0.4) is 0 Å². The molecule has 0 saturated carbocycles. The van der Waals surface area contributed by atoms with Crippen molar-refractivity contribution in [1.82, 2.24) is 4.90 Å². The molecular formula is C12H24N2O. The molecule has 2 saturated heterocycles. The molecule has 0 aromatic rings. The molecule has 2 atom stereocenters. The zero-order valence-electron chi connectivity index (χ0n) is 9.87. The van der Waals surface area contributed by atoms with Crippen molar-refractivity contribution in [3.05, 3.63) is 0 Å². The largest absolute Gasteiger partial charge is 0.379 e. The fraction of sp³-hybridized carbons (Fsp3) is 1.00. The Hall–Kier alpha value is -0.120. The Balaban J connectivity index is 2.09. The maximum absolute atomic E-state index is 6.01. The summed E-state index contributed by atoms with van der Waals surface area (Å²) in [6.45, 7) is 6.03. The Kier molecular flexibility index (Phi) is 3.65. The first-order valence-electron chi connectivity index (χ1n) is 6.37. The highest BCUT2D eigenvalue weighted by atomic mass is 16.5. The van der Waals surface area contributed by atoms with Gasteiger partial charge < -0.3 is 10.5 Å². The van der Waals surface area contributed by atoms with Crippen LogP contribution < -0.4 is 5.73 Å². The van der Waals surface area contributed by atoms with Gasteiger partial charge in [0.1, 0.15) is 0 Å². The molecule has 0 spiro atoms. The number of ether oxygens (including phenoxy) is 1. The fourth-order valence-corrected chi connectivity index (χ4v) is 3.23. The van der Waals surface area contributed by atoms with Gasteiger partial charge in [0.2, 0.25) is 0 Å². The molecule has 2 aliphatic heterocycles. The van der Waals surface area contributed by atoms with E-state index in [1.54, 1.807) is 0 Å². The normalized spacial score (nSPS) is 38.4. The lowest BCUT2D eigenvalue weighted by Crippen LogP contribution is -2.60. The summed E-state index contributed by atoms with van der Waals surface area (Å²) in [5.41, 5.74) is 6.18. The van der Waals surface area contributed by atoms with Crippen molar-refractivity contribution in [2.75, 3.05) is 26.3 Å². The average Bonchev–Trinajstić information content (AvgIpc) is 2.78. The van der Waals surface area contributed by atoms with Crippen molar-refractivity contribution in [3.63, 3.8) is 0 Å². The Labute approximate surface area is 93.0 Å². The Morgan fingerprint density at radius 2 is 2.33 bits per heavy atom. The number of hydrogen-bond donors (Lipinski definition) is 1. The number of hydrogen-bond acceptors (Lipinski definition) is 3. The first-order valence-corrected chi connectivity index (χ1v) is 6.37. The molecule has 3 heteroatoms. The molecule has 0 aromatic heterocycles. The van der Waals surface area contributed by atoms with Gasteiger partial charge in [0, 0.05) is 19.2 Å². The topological polar surface area (TPSA) is 38.5 Å². The van der Waals surface area contributed by atoms with E-state index in [1.165, 1.54) is 38.6 Å². The summed E-state index contributed by atoms with van der Waals surface area (Å²) < 4.78 is 5.66. The molecule has 2 unspecified atom stereocenters. The Morgan fingerprint density at radius 1 is 1.47 bits per heavy atom. The summed E-state index contributed by atoms with van der Waals surface area (Å²) in [6, 6.07) is 0.746. The van der Waals surface area contributed by atoms with Gasteiger partial charge in [-0.1, -0.05) is 6.92 Å². The summed E-state index contributed by atoms with van der Waals surface area (Å²) in [4.78, 5) is 2.64. The second-order valence-corrected chi connectivity index (χ2v) is 4.98. The van der Waals surface area contributed by atoms with Crippen molar-refractivity contribution in [1.29, 1.82) is 0 Å². The Morgan fingerprint density at radius 3 is 2.93 bits per heavy atom. The summed E-state index contributed by atoms with van der Waals surface area (Å²) in [5, 5.41) is 0. The lowest BCUT2D eigenvalue weighted by molar-refractivity contribution is -0.0509. The zero-order valence-corrected chi connectivity index (χ0v) is 9.87. The van der Waals surface area contributed by atoms with Crippen LogP contribution in [-0.2, 0) is 4.74 Å². The van der Waals surface area contributed by atoms with Gasteiger partial charge in [-0.15, -0.1) is 0 Å². The van der Waals surface area contributed by atoms with Gasteiger partial charge in [0.25, 0.3) is 0 Å². The molecule has 0 amide bonds. The third kappa shape index (κ3) is 2.05. The standard InChI is InChI=1S/C12H24N2O/c1-2-11-5-3-7-14(11)12(9-13)6-4-8-15-10-12/h11H,2-10,13H2,1H3. The minimum absolute atomic E-state index is 0.162. The molecule has 88 valence electrons. The van der Waals surface area contributed by atoms with Crippen LogP contribution in [-0.4, -0.2) is 42.8 Å². The number of nitrogens with zero attached hydrogens (tertiary/aromatic N) is 1. The second-order valence-electron chi connectivity index (χ2n) is 4.98. The highest BCUT2D eigenvalue weighted by molar-refractivity contribution is 4.98. The van der Waals surface area contributed by atoms with E-state index in [2.05, 4.69) is 11.8 Å². The van der Waals surface area contributed by atoms with Crippen LogP contribution in [0.5, 0.6) is 0 Å². The molecule has 15 heavy (non-hydrogen) atoms. The minimum Gasteiger partial charge on any atom is -0.379 e. The number of rotatable bonds is 3. The highest BCUT2D eigenvalue weighted by Gasteiger charge is 2.42. The molecule has 3 nitrogen and oxygen atoms in total. The van der Waals surface area contributed by atoms with E-state index in [9.17, 15) is 0 Å². The second kappa shape index (κ2) is 4.81. The molecule has 2 aliphatic rings. The third-order valence-corrected chi connectivity index (χ3v) is 4.14. The maximum atomic E-state index is 6.01. The van der Waals surface area contributed by atoms with Crippen molar-refractivity contribution in [3.8, 4) is 0 Å². The SMILES string of the molecule is CCC1CCCN1C1(CN)CCCOC1. The van der Waals surface area contributed by atoms with E-state index in [4.69, 9.17) is 10.5 Å². The van der Waals surface area contributed by atoms with Crippen molar-refractivity contribution in [2.45, 2.75) is 50.6 Å². The fourth-order valence-electron chi connectivity index (χ4n) is 3.23. The molecule has 0 bridgehead atoms. The van der Waals surface area contributed by atoms with Gasteiger partial charge in [0.15, 0.2) is 0 Å². The van der Waals surface area contributed by atoms with Crippen molar-refractivity contribution >= 4 is 0 Å². The van der Waals surface area contributed by atoms with Crippen LogP contribution >= 0.6 is 0 Å². The quantitative estimate of drug-likeness (QED) is 0.768. The lowest BCUT2D eigenvalue weighted by atomic mass is 9.89. The Bertz CT molecular complexity index is 202. The van der Waals surface area contributed by atoms with Crippen molar-refractivity contribution < 1.29 is 4.74 Å². The molecule has 2 heterocycles. The average molecular weight is 212 g/mol. The van der Waals surface area contributed by atoms with Crippen LogP contribution in [0.15, 0.2) is 0 Å². The van der Waals surface area contributed by atoms with Crippen LogP contribution in [0.4, 0.5) is 0 Å². The molecule has 0 aliphatic carbocycles. The smallest absolute Gasteiger partial charge is 0.0662 e. The van der Waals surface area contributed by atoms with E-state index in [1.807, 2.05) is 0 Å². The molecular weight excluding hydrogens is 188 g/mol. The third-order valence-electron chi connectivity index (χ3n) is 4.14. The van der Waals surface area contributed by atoms with Gasteiger partial charge in [-0.05, 0) is 38.6 Å². The summed E-state index contributed by atoms with van der Waals surface area (Å²) in [5.74, 6) is 0. The van der Waals surface area contributed by atoms with Gasteiger partial charge in [0.05, 0.1) is 12.1 Å². The predicted octanol–water partition coefficient (Wildman–Crippen LogP) is 1.37. The molecule has 2 fully saturated rings. The van der Waals surface area contributed by atoms with Crippen LogP contribution in [0, 0.1) is 0 Å². The van der Waals surface area contributed by atoms with E-state index in [0.717, 1.165) is 25.8 Å². The first-order chi connectivity index (χ1) is 7.32. The summed E-state index contributed by atoms with van der Waals surface area (Å²) in [6.07, 6.45) is 6.32. The minimum atomic E-state index is 0.162. The number of likely N-dealkylation sites (tertiary alicyclic amines) is 1. The highest BCUT2D eigenvalue weighted by Crippen LogP contribution is 2.33. The molecule has 0 radical (unpaired) electrons. The van der Waals surface area contributed by atoms with Crippen LogP contribution in [0.2, 0.25) is 0 Å². The summed E-state index contributed by atoms with van der Waals surface area (Å²) in [7, 11) is 0. The van der Waals surface area contributed by atoms with E-state index >= 15 is 0 Å². The van der Waals surface area contributed by atoms with Gasteiger partial charge in [-0.3, -0.25) is 4.90 Å². The van der Waals surface area contributed by atoms with Gasteiger partial charge >= 0.3 is 0 Å². The zero-order chi connectivity index (χ0) is 10.7. The van der Waals surface area contributed by atoms with Gasteiger partial charge in [-0.2, -0.15) is 0 Å². The lowest BCUT2D eigenvalue weighted by Gasteiger charge is -2.46. The molecule has 2 rings (SSSR count). The predicted molar refractivity (Wildman–Crippen MR) is 61.9 cm³/mol. The van der Waals surface area contributed by atoms with E-state index < -0.39 is 0 Å². The maximum Gasteiger partial charge on any atom is 0.0662 e. The van der Waals surface area contributed by atoms with Crippen LogP contribution in [0.1, 0.15) is 39.0 Å². The molecule has 2 N–H and O–H groups in total. The van der Waals surface area contributed by atoms with Gasteiger partial charge in [-0.25, -0.2) is 0 Å². The van der Waals surface area contributed by atoms with E-state index in [-0.39, 0.29) is 5.54 Å². The van der Waals surface area contributed by atoms with E-state index in [0.29, 0.717) is 0 Å². The van der Waals surface area contributed by atoms with Crippen molar-refractivity contribution in [2.24, 2.45) is 5.73 Å². The molecule has 0 aromatic carbocycles. The first kappa shape index (κ1) is 11.4. The number of nitrogens with two attached hydrogens (primary N) is 1. The van der Waals surface area contributed by atoms with Crippen LogP contribution in [0.25, 0.3) is 0 Å². The monoisotopic (exact) mass is 212 g/mol. The summed E-state index contributed by atoms with van der Waals surface area (Å²) >= 11 is 0.